The second-order valence-electron chi connectivity index (χ2n) is 5.68. The Morgan fingerprint density at radius 3 is 2.48 bits per heavy atom. The van der Waals surface area contributed by atoms with Crippen LogP contribution < -0.4 is 5.32 Å². The highest BCUT2D eigenvalue weighted by molar-refractivity contribution is 7.85. The second-order valence-corrected chi connectivity index (χ2v) is 7.69. The van der Waals surface area contributed by atoms with Gasteiger partial charge in [-0.3, -0.25) is 9.00 Å². The van der Waals surface area contributed by atoms with E-state index in [0.717, 1.165) is 24.3 Å². The third kappa shape index (κ3) is 4.14. The number of rotatable bonds is 5. The Morgan fingerprint density at radius 1 is 1.29 bits per heavy atom. The van der Waals surface area contributed by atoms with Crippen molar-refractivity contribution < 1.29 is 13.7 Å². The topological polar surface area (TPSA) is 55.4 Å². The highest BCUT2D eigenvalue weighted by Crippen LogP contribution is 2.16. The Hall–Kier alpha value is -1.20. The third-order valence-electron chi connectivity index (χ3n) is 3.66. The zero-order valence-corrected chi connectivity index (χ0v) is 13.6. The maximum atomic E-state index is 12.2. The quantitative estimate of drug-likeness (QED) is 0.909. The number of nitrogens with one attached hydrogen (secondary N) is 1. The van der Waals surface area contributed by atoms with Gasteiger partial charge in [0.15, 0.2) is 0 Å². The number of benzene rings is 1. The zero-order valence-electron chi connectivity index (χ0n) is 12.8. The van der Waals surface area contributed by atoms with Crippen LogP contribution in [0.25, 0.3) is 0 Å². The molecule has 0 aromatic heterocycles. The lowest BCUT2D eigenvalue weighted by atomic mass is 10.1. The van der Waals surface area contributed by atoms with Gasteiger partial charge >= 0.3 is 0 Å². The zero-order chi connectivity index (χ0) is 15.4. The SMILES string of the molecule is CC(C)[S@](=O)c1ccc(C(=O)N[C@@H](C)[C@H]2CCCO2)cc1. The molecule has 5 heteroatoms. The summed E-state index contributed by atoms with van der Waals surface area (Å²) in [6.45, 7) is 6.58. The lowest BCUT2D eigenvalue weighted by Crippen LogP contribution is -2.40. The minimum Gasteiger partial charge on any atom is -0.376 e. The molecule has 3 atom stereocenters. The van der Waals surface area contributed by atoms with Gasteiger partial charge in [0.25, 0.3) is 5.91 Å². The molecule has 1 aromatic rings. The molecule has 1 aromatic carbocycles. The van der Waals surface area contributed by atoms with E-state index in [1.807, 2.05) is 20.8 Å². The molecule has 1 aliphatic heterocycles. The van der Waals surface area contributed by atoms with Crippen LogP contribution in [0.1, 0.15) is 44.0 Å². The highest BCUT2D eigenvalue weighted by atomic mass is 32.2. The van der Waals surface area contributed by atoms with Crippen LogP contribution in [-0.2, 0) is 15.5 Å². The first-order valence-corrected chi connectivity index (χ1v) is 8.63. The Labute approximate surface area is 128 Å². The fourth-order valence-electron chi connectivity index (χ4n) is 2.39. The molecule has 0 radical (unpaired) electrons. The fourth-order valence-corrected chi connectivity index (χ4v) is 3.34. The smallest absolute Gasteiger partial charge is 0.251 e. The molecule has 0 aliphatic carbocycles. The molecule has 116 valence electrons. The van der Waals surface area contributed by atoms with Crippen molar-refractivity contribution >= 4 is 16.7 Å². The van der Waals surface area contributed by atoms with Crippen LogP contribution >= 0.6 is 0 Å². The Kier molecular flexibility index (Phi) is 5.53. The largest absolute Gasteiger partial charge is 0.376 e. The summed E-state index contributed by atoms with van der Waals surface area (Å²) in [5, 5.41) is 3.04. The van der Waals surface area contributed by atoms with Crippen molar-refractivity contribution in [2.24, 2.45) is 0 Å². The predicted molar refractivity (Wildman–Crippen MR) is 83.9 cm³/mol. The molecule has 1 aliphatic rings. The van der Waals surface area contributed by atoms with Gasteiger partial charge in [0.2, 0.25) is 0 Å². The number of carbonyl (C=O) groups excluding carboxylic acids is 1. The van der Waals surface area contributed by atoms with E-state index in [1.54, 1.807) is 24.3 Å². The van der Waals surface area contributed by atoms with Gasteiger partial charge in [-0.2, -0.15) is 0 Å². The van der Waals surface area contributed by atoms with Crippen molar-refractivity contribution in [2.45, 2.75) is 55.9 Å². The number of ether oxygens (including phenoxy) is 1. The first-order valence-electron chi connectivity index (χ1n) is 7.42. The van der Waals surface area contributed by atoms with Crippen molar-refractivity contribution in [3.8, 4) is 0 Å². The Balaban J connectivity index is 1.97. The van der Waals surface area contributed by atoms with E-state index in [2.05, 4.69) is 5.32 Å². The van der Waals surface area contributed by atoms with Gasteiger partial charge in [0, 0.05) is 22.3 Å². The molecule has 0 spiro atoms. The summed E-state index contributed by atoms with van der Waals surface area (Å²) in [6.07, 6.45) is 2.16. The number of hydrogen-bond donors (Lipinski definition) is 1. The fraction of sp³-hybridized carbons (Fsp3) is 0.562. The molecule has 1 saturated heterocycles. The van der Waals surface area contributed by atoms with Gasteiger partial charge in [-0.05, 0) is 44.0 Å². The molecule has 2 rings (SSSR count). The third-order valence-corrected chi connectivity index (χ3v) is 5.25. The van der Waals surface area contributed by atoms with Crippen molar-refractivity contribution in [3.63, 3.8) is 0 Å². The average Bonchev–Trinajstić information content (AvgIpc) is 3.00. The van der Waals surface area contributed by atoms with E-state index in [0.29, 0.717) is 5.56 Å². The van der Waals surface area contributed by atoms with E-state index >= 15 is 0 Å². The molecule has 4 nitrogen and oxygen atoms in total. The van der Waals surface area contributed by atoms with Gasteiger partial charge in [-0.1, -0.05) is 13.8 Å². The monoisotopic (exact) mass is 309 g/mol. The van der Waals surface area contributed by atoms with Gasteiger partial charge in [0.05, 0.1) is 22.9 Å². The maximum absolute atomic E-state index is 12.2. The molecule has 1 amide bonds. The lowest BCUT2D eigenvalue weighted by Gasteiger charge is -2.20. The van der Waals surface area contributed by atoms with E-state index in [1.165, 1.54) is 0 Å². The summed E-state index contributed by atoms with van der Waals surface area (Å²) < 4.78 is 17.5. The van der Waals surface area contributed by atoms with Crippen molar-refractivity contribution in [3.05, 3.63) is 29.8 Å². The number of carbonyl (C=O) groups is 1. The van der Waals surface area contributed by atoms with Gasteiger partial charge in [-0.25, -0.2) is 0 Å². The molecule has 21 heavy (non-hydrogen) atoms. The summed E-state index contributed by atoms with van der Waals surface area (Å²) in [5.74, 6) is -0.111. The molecule has 0 unspecified atom stereocenters. The van der Waals surface area contributed by atoms with Crippen molar-refractivity contribution in [2.75, 3.05) is 6.61 Å². The minimum absolute atomic E-state index is 0.00414. The first kappa shape index (κ1) is 16.2. The normalized spacial score (nSPS) is 21.2. The van der Waals surface area contributed by atoms with Gasteiger partial charge in [0.1, 0.15) is 0 Å². The van der Waals surface area contributed by atoms with E-state index in [4.69, 9.17) is 4.74 Å². The van der Waals surface area contributed by atoms with Crippen LogP contribution in [0.15, 0.2) is 29.2 Å². The Morgan fingerprint density at radius 2 is 1.95 bits per heavy atom. The summed E-state index contributed by atoms with van der Waals surface area (Å²) in [4.78, 5) is 12.9. The standard InChI is InChI=1S/C16H23NO3S/c1-11(2)21(19)14-8-6-13(7-9-14)16(18)17-12(3)15-5-4-10-20-15/h6-9,11-12,15H,4-5,10H2,1-3H3,(H,17,18)/t12-,15+,21-/m0/s1. The van der Waals surface area contributed by atoms with Crippen LogP contribution in [0.4, 0.5) is 0 Å². The second kappa shape index (κ2) is 7.18. The van der Waals surface area contributed by atoms with Crippen molar-refractivity contribution in [1.29, 1.82) is 0 Å². The number of amides is 1. The highest BCUT2D eigenvalue weighted by Gasteiger charge is 2.24. The maximum Gasteiger partial charge on any atom is 0.251 e. The van der Waals surface area contributed by atoms with E-state index < -0.39 is 10.8 Å². The molecule has 0 bridgehead atoms. The van der Waals surface area contributed by atoms with Gasteiger partial charge < -0.3 is 10.1 Å². The molecule has 0 saturated carbocycles. The molecule has 1 fully saturated rings. The van der Waals surface area contributed by atoms with Crippen LogP contribution in [0.2, 0.25) is 0 Å². The average molecular weight is 309 g/mol. The summed E-state index contributed by atoms with van der Waals surface area (Å²) in [5.41, 5.74) is 0.587. The summed E-state index contributed by atoms with van der Waals surface area (Å²) in [7, 11) is -1.02. The molecule has 1 N–H and O–H groups in total. The first-order chi connectivity index (χ1) is 9.99. The van der Waals surface area contributed by atoms with Gasteiger partial charge in [-0.15, -0.1) is 0 Å². The predicted octanol–water partition coefficient (Wildman–Crippen LogP) is 2.50. The van der Waals surface area contributed by atoms with E-state index in [-0.39, 0.29) is 23.3 Å². The summed E-state index contributed by atoms with van der Waals surface area (Å²) in [6, 6.07) is 6.99. The van der Waals surface area contributed by atoms with E-state index in [9.17, 15) is 9.00 Å². The number of hydrogen-bond acceptors (Lipinski definition) is 3. The lowest BCUT2D eigenvalue weighted by molar-refractivity contribution is 0.0712. The van der Waals surface area contributed by atoms with Crippen LogP contribution in [0.5, 0.6) is 0 Å². The molecule has 1 heterocycles. The molecular formula is C16H23NO3S. The summed E-state index contributed by atoms with van der Waals surface area (Å²) >= 11 is 0. The van der Waals surface area contributed by atoms with Crippen LogP contribution in [0, 0.1) is 0 Å². The van der Waals surface area contributed by atoms with Crippen LogP contribution in [0.3, 0.4) is 0 Å². The minimum atomic E-state index is -1.02. The Bertz CT molecular complexity index is 507. The van der Waals surface area contributed by atoms with Crippen LogP contribution in [-0.4, -0.2) is 34.1 Å². The van der Waals surface area contributed by atoms with Crippen molar-refractivity contribution in [1.82, 2.24) is 5.32 Å². The molecular weight excluding hydrogens is 286 g/mol.